The van der Waals surface area contributed by atoms with Crippen molar-refractivity contribution in [2.24, 2.45) is 9.98 Å². The SMILES string of the molecule is C=CCc1ccc(CNC(=C)C(=NCC)/C(NC)=C(/C)N=C)cc1C. The van der Waals surface area contributed by atoms with Gasteiger partial charge in [0.2, 0.25) is 0 Å². The Kier molecular flexibility index (Phi) is 8.40. The van der Waals surface area contributed by atoms with E-state index in [1.54, 1.807) is 0 Å². The molecular formula is C21H30N4. The summed E-state index contributed by atoms with van der Waals surface area (Å²) in [5.74, 6) is 0. The van der Waals surface area contributed by atoms with Crippen LogP contribution in [0, 0.1) is 6.92 Å². The third-order valence-corrected chi connectivity index (χ3v) is 3.97. The lowest BCUT2D eigenvalue weighted by Crippen LogP contribution is -2.27. The van der Waals surface area contributed by atoms with Crippen LogP contribution in [0.5, 0.6) is 0 Å². The molecule has 1 aromatic carbocycles. The maximum Gasteiger partial charge on any atom is 0.105 e. The zero-order valence-electron chi connectivity index (χ0n) is 15.9. The highest BCUT2D eigenvalue weighted by molar-refractivity contribution is 6.11. The molecule has 2 N–H and O–H groups in total. The van der Waals surface area contributed by atoms with Crippen molar-refractivity contribution in [2.45, 2.75) is 33.7 Å². The first-order valence-electron chi connectivity index (χ1n) is 8.51. The summed E-state index contributed by atoms with van der Waals surface area (Å²) in [7, 11) is 1.85. The summed E-state index contributed by atoms with van der Waals surface area (Å²) in [5.41, 5.74) is 6.97. The van der Waals surface area contributed by atoms with Crippen molar-refractivity contribution in [3.8, 4) is 0 Å². The van der Waals surface area contributed by atoms with Crippen LogP contribution >= 0.6 is 0 Å². The molecule has 4 nitrogen and oxygen atoms in total. The predicted octanol–water partition coefficient (Wildman–Crippen LogP) is 3.94. The number of nitrogens with one attached hydrogen (secondary N) is 2. The smallest absolute Gasteiger partial charge is 0.105 e. The lowest BCUT2D eigenvalue weighted by molar-refractivity contribution is 0.838. The number of benzene rings is 1. The second kappa shape index (κ2) is 10.3. The molecule has 0 saturated heterocycles. The van der Waals surface area contributed by atoms with Crippen molar-refractivity contribution in [1.82, 2.24) is 10.6 Å². The van der Waals surface area contributed by atoms with Gasteiger partial charge in [-0.2, -0.15) is 0 Å². The summed E-state index contributed by atoms with van der Waals surface area (Å²) in [4.78, 5) is 8.58. The molecule has 0 fully saturated rings. The Hall–Kier alpha value is -2.62. The summed E-state index contributed by atoms with van der Waals surface area (Å²) in [6.45, 7) is 18.9. The first-order chi connectivity index (χ1) is 12.0. The minimum Gasteiger partial charge on any atom is -0.385 e. The normalized spacial score (nSPS) is 12.2. The van der Waals surface area contributed by atoms with E-state index in [2.05, 4.69) is 65.6 Å². The Morgan fingerprint density at radius 3 is 2.56 bits per heavy atom. The quantitative estimate of drug-likeness (QED) is 0.501. The molecular weight excluding hydrogens is 308 g/mol. The van der Waals surface area contributed by atoms with E-state index in [-0.39, 0.29) is 0 Å². The lowest BCUT2D eigenvalue weighted by Gasteiger charge is -2.17. The maximum absolute atomic E-state index is 4.57. The molecule has 0 bridgehead atoms. The minimum atomic E-state index is 0.668. The van der Waals surface area contributed by atoms with Gasteiger partial charge in [0.1, 0.15) is 5.71 Å². The van der Waals surface area contributed by atoms with Crippen LogP contribution < -0.4 is 10.6 Å². The zero-order chi connectivity index (χ0) is 18.8. The van der Waals surface area contributed by atoms with E-state index in [4.69, 9.17) is 0 Å². The van der Waals surface area contributed by atoms with E-state index >= 15 is 0 Å². The first kappa shape index (κ1) is 20.4. The van der Waals surface area contributed by atoms with Crippen LogP contribution in [0.15, 0.2) is 64.5 Å². The largest absolute Gasteiger partial charge is 0.385 e. The number of hydrogen-bond acceptors (Lipinski definition) is 4. The molecule has 0 aliphatic heterocycles. The lowest BCUT2D eigenvalue weighted by atomic mass is 10.0. The molecule has 0 heterocycles. The van der Waals surface area contributed by atoms with Gasteiger partial charge < -0.3 is 10.6 Å². The average molecular weight is 338 g/mol. The molecule has 0 saturated carbocycles. The Morgan fingerprint density at radius 2 is 2.04 bits per heavy atom. The molecule has 0 radical (unpaired) electrons. The summed E-state index contributed by atoms with van der Waals surface area (Å²) in [6, 6.07) is 6.48. The first-order valence-corrected chi connectivity index (χ1v) is 8.51. The van der Waals surface area contributed by atoms with Crippen molar-refractivity contribution in [3.05, 3.63) is 71.2 Å². The summed E-state index contributed by atoms with van der Waals surface area (Å²) < 4.78 is 0. The zero-order valence-corrected chi connectivity index (χ0v) is 15.9. The van der Waals surface area contributed by atoms with Crippen LogP contribution in [-0.2, 0) is 13.0 Å². The number of aryl methyl sites for hydroxylation is 1. The van der Waals surface area contributed by atoms with E-state index < -0.39 is 0 Å². The monoisotopic (exact) mass is 338 g/mol. The highest BCUT2D eigenvalue weighted by Gasteiger charge is 2.12. The highest BCUT2D eigenvalue weighted by atomic mass is 15.0. The molecule has 0 aliphatic carbocycles. The van der Waals surface area contributed by atoms with Crippen molar-refractivity contribution < 1.29 is 0 Å². The van der Waals surface area contributed by atoms with Crippen molar-refractivity contribution in [3.63, 3.8) is 0 Å². The van der Waals surface area contributed by atoms with E-state index in [9.17, 15) is 0 Å². The second-order valence-electron chi connectivity index (χ2n) is 5.78. The molecule has 0 unspecified atom stereocenters. The molecule has 4 heteroatoms. The van der Waals surface area contributed by atoms with E-state index in [1.807, 2.05) is 27.0 Å². The molecule has 1 aromatic rings. The van der Waals surface area contributed by atoms with Gasteiger partial charge in [0.15, 0.2) is 0 Å². The number of hydrogen-bond donors (Lipinski definition) is 2. The molecule has 134 valence electrons. The fraction of sp³-hybridized carbons (Fsp3) is 0.333. The van der Waals surface area contributed by atoms with Crippen LogP contribution in [0.3, 0.4) is 0 Å². The topological polar surface area (TPSA) is 48.8 Å². The Bertz CT molecular complexity index is 696. The van der Waals surface area contributed by atoms with Gasteiger partial charge in [-0.15, -0.1) is 6.58 Å². The second-order valence-corrected chi connectivity index (χ2v) is 5.78. The van der Waals surface area contributed by atoms with Gasteiger partial charge in [-0.3, -0.25) is 9.98 Å². The fourth-order valence-corrected chi connectivity index (χ4v) is 2.58. The van der Waals surface area contributed by atoms with Gasteiger partial charge in [-0.25, -0.2) is 0 Å². The van der Waals surface area contributed by atoms with Gasteiger partial charge in [0.25, 0.3) is 0 Å². The van der Waals surface area contributed by atoms with Gasteiger partial charge in [0, 0.05) is 20.1 Å². The Labute approximate surface area is 152 Å². The standard InChI is InChI=1S/C21H30N4/c1-8-10-19-12-11-18(13-15(19)3)14-25-17(5)21(24-9-2)20(23-7)16(4)22-6/h8,11-13,23,25H,1,5-6,9-10,14H2,2-4,7H3/b20-16+,24-21?. The summed E-state index contributed by atoms with van der Waals surface area (Å²) in [5, 5.41) is 6.53. The minimum absolute atomic E-state index is 0.668. The molecule has 0 atom stereocenters. The number of nitrogens with zero attached hydrogens (tertiary/aromatic N) is 2. The van der Waals surface area contributed by atoms with Gasteiger partial charge in [-0.05, 0) is 50.6 Å². The molecule has 0 amide bonds. The Balaban J connectivity index is 2.92. The van der Waals surface area contributed by atoms with Crippen LogP contribution in [0.4, 0.5) is 0 Å². The summed E-state index contributed by atoms with van der Waals surface area (Å²) >= 11 is 0. The Morgan fingerprint density at radius 1 is 1.32 bits per heavy atom. The molecule has 25 heavy (non-hydrogen) atoms. The van der Waals surface area contributed by atoms with Crippen LogP contribution in [0.1, 0.15) is 30.5 Å². The highest BCUT2D eigenvalue weighted by Crippen LogP contribution is 2.14. The maximum atomic E-state index is 4.57. The summed E-state index contributed by atoms with van der Waals surface area (Å²) in [6.07, 6.45) is 2.82. The van der Waals surface area contributed by atoms with Gasteiger partial charge in [-0.1, -0.05) is 30.9 Å². The molecule has 0 aliphatic rings. The van der Waals surface area contributed by atoms with Crippen LogP contribution in [0.2, 0.25) is 0 Å². The average Bonchev–Trinajstić information content (AvgIpc) is 2.61. The fourth-order valence-electron chi connectivity index (χ4n) is 2.58. The van der Waals surface area contributed by atoms with Crippen molar-refractivity contribution >= 4 is 12.4 Å². The van der Waals surface area contributed by atoms with Crippen LogP contribution in [0.25, 0.3) is 0 Å². The number of rotatable bonds is 10. The van der Waals surface area contributed by atoms with Gasteiger partial charge in [0.05, 0.1) is 17.1 Å². The van der Waals surface area contributed by atoms with E-state index in [0.29, 0.717) is 13.1 Å². The third-order valence-electron chi connectivity index (χ3n) is 3.97. The predicted molar refractivity (Wildman–Crippen MR) is 110 cm³/mol. The molecule has 1 rings (SSSR count). The van der Waals surface area contributed by atoms with Crippen molar-refractivity contribution in [1.29, 1.82) is 0 Å². The number of aliphatic imine (C=N–C) groups is 2. The van der Waals surface area contributed by atoms with E-state index in [1.165, 1.54) is 16.7 Å². The number of allylic oxidation sites excluding steroid dienone is 2. The van der Waals surface area contributed by atoms with E-state index in [0.717, 1.165) is 29.2 Å². The molecule has 0 aromatic heterocycles. The third kappa shape index (κ3) is 5.75. The van der Waals surface area contributed by atoms with Crippen molar-refractivity contribution in [2.75, 3.05) is 13.6 Å². The molecule has 0 spiro atoms. The van der Waals surface area contributed by atoms with Gasteiger partial charge >= 0.3 is 0 Å². The van der Waals surface area contributed by atoms with Crippen LogP contribution in [-0.4, -0.2) is 26.0 Å².